The third kappa shape index (κ3) is 2.68. The van der Waals surface area contributed by atoms with Gasteiger partial charge in [-0.2, -0.15) is 0 Å². The van der Waals surface area contributed by atoms with Crippen LogP contribution in [-0.2, 0) is 0 Å². The third-order valence-electron chi connectivity index (χ3n) is 2.40. The Morgan fingerprint density at radius 2 is 1.94 bits per heavy atom. The zero-order chi connectivity index (χ0) is 12.4. The molecule has 0 aliphatic heterocycles. The van der Waals surface area contributed by atoms with Gasteiger partial charge < -0.3 is 10.5 Å². The van der Waals surface area contributed by atoms with E-state index in [-0.39, 0.29) is 0 Å². The maximum atomic E-state index is 6.04. The number of hydrogen-bond acceptors (Lipinski definition) is 3. The summed E-state index contributed by atoms with van der Waals surface area (Å²) in [4.78, 5) is 4.23. The van der Waals surface area contributed by atoms with E-state index >= 15 is 0 Å². The van der Waals surface area contributed by atoms with Crippen LogP contribution >= 0.6 is 11.6 Å². The van der Waals surface area contributed by atoms with E-state index in [0.29, 0.717) is 22.3 Å². The van der Waals surface area contributed by atoms with Crippen molar-refractivity contribution >= 4 is 17.3 Å². The first kappa shape index (κ1) is 11.7. The number of benzene rings is 1. The summed E-state index contributed by atoms with van der Waals surface area (Å²) in [7, 11) is 0. The molecule has 1 aromatic carbocycles. The van der Waals surface area contributed by atoms with Crippen molar-refractivity contribution < 1.29 is 4.74 Å². The van der Waals surface area contributed by atoms with Gasteiger partial charge in [-0.05, 0) is 37.6 Å². The van der Waals surface area contributed by atoms with Crippen LogP contribution in [0, 0.1) is 13.8 Å². The van der Waals surface area contributed by atoms with Crippen LogP contribution in [0.5, 0.6) is 11.6 Å². The average Bonchev–Trinajstić information content (AvgIpc) is 2.29. The highest BCUT2D eigenvalue weighted by atomic mass is 35.5. The Balaban J connectivity index is 2.31. The van der Waals surface area contributed by atoms with Gasteiger partial charge in [-0.3, -0.25) is 0 Å². The first-order valence-corrected chi connectivity index (χ1v) is 5.61. The fraction of sp³-hybridized carbons (Fsp3) is 0.154. The molecule has 0 fully saturated rings. The van der Waals surface area contributed by atoms with Crippen molar-refractivity contribution in [3.8, 4) is 11.6 Å². The quantitative estimate of drug-likeness (QED) is 0.881. The number of nitrogens with two attached hydrogens (primary N) is 1. The molecule has 0 aliphatic carbocycles. The summed E-state index contributed by atoms with van der Waals surface area (Å²) in [6.45, 7) is 3.81. The lowest BCUT2D eigenvalue weighted by Crippen LogP contribution is -1.95. The van der Waals surface area contributed by atoms with Gasteiger partial charge >= 0.3 is 0 Å². The molecule has 88 valence electrons. The topological polar surface area (TPSA) is 48.1 Å². The smallest absolute Gasteiger partial charge is 0.219 e. The second-order valence-corrected chi connectivity index (χ2v) is 4.27. The molecular formula is C13H13ClN2O. The number of anilines is 1. The monoisotopic (exact) mass is 248 g/mol. The number of hydrogen-bond donors (Lipinski definition) is 1. The van der Waals surface area contributed by atoms with Crippen LogP contribution in [-0.4, -0.2) is 4.98 Å². The molecule has 0 aliphatic rings. The van der Waals surface area contributed by atoms with Crippen LogP contribution in [0.25, 0.3) is 0 Å². The number of ether oxygens (including phenoxy) is 1. The van der Waals surface area contributed by atoms with Gasteiger partial charge in [0.2, 0.25) is 5.88 Å². The van der Waals surface area contributed by atoms with Gasteiger partial charge in [-0.25, -0.2) is 4.98 Å². The Hall–Kier alpha value is -1.74. The molecule has 0 spiro atoms. The van der Waals surface area contributed by atoms with E-state index in [9.17, 15) is 0 Å². The summed E-state index contributed by atoms with van der Waals surface area (Å²) in [6, 6.07) is 9.09. The van der Waals surface area contributed by atoms with Gasteiger partial charge in [0.1, 0.15) is 5.75 Å². The second kappa shape index (κ2) is 4.63. The van der Waals surface area contributed by atoms with E-state index < -0.39 is 0 Å². The number of rotatable bonds is 2. The van der Waals surface area contributed by atoms with E-state index in [1.54, 1.807) is 18.2 Å². The number of halogens is 1. The molecule has 0 bridgehead atoms. The number of nitrogen functional groups attached to an aromatic ring is 1. The molecule has 17 heavy (non-hydrogen) atoms. The van der Waals surface area contributed by atoms with Crippen molar-refractivity contribution in [2.24, 2.45) is 0 Å². The zero-order valence-electron chi connectivity index (χ0n) is 9.70. The van der Waals surface area contributed by atoms with E-state index in [2.05, 4.69) is 4.98 Å². The van der Waals surface area contributed by atoms with Crippen LogP contribution in [0.4, 0.5) is 5.69 Å². The number of pyridine rings is 1. The number of aromatic nitrogens is 1. The lowest BCUT2D eigenvalue weighted by molar-refractivity contribution is 0.462. The van der Waals surface area contributed by atoms with Gasteiger partial charge in [-0.1, -0.05) is 17.7 Å². The first-order valence-electron chi connectivity index (χ1n) is 5.23. The number of nitrogens with zero attached hydrogens (tertiary/aromatic N) is 1. The predicted octanol–water partition coefficient (Wildman–Crippen LogP) is 3.73. The van der Waals surface area contributed by atoms with Crippen molar-refractivity contribution in [2.45, 2.75) is 13.8 Å². The Morgan fingerprint density at radius 1 is 1.18 bits per heavy atom. The van der Waals surface area contributed by atoms with Gasteiger partial charge in [0.05, 0.1) is 16.4 Å². The van der Waals surface area contributed by atoms with Gasteiger partial charge in [0.15, 0.2) is 0 Å². The summed E-state index contributed by atoms with van der Waals surface area (Å²) < 4.78 is 5.63. The molecule has 0 amide bonds. The second-order valence-electron chi connectivity index (χ2n) is 3.86. The molecule has 0 radical (unpaired) electrons. The molecule has 2 N–H and O–H groups in total. The zero-order valence-corrected chi connectivity index (χ0v) is 10.5. The first-order chi connectivity index (χ1) is 8.06. The van der Waals surface area contributed by atoms with E-state index in [4.69, 9.17) is 22.1 Å². The number of aryl methyl sites for hydroxylation is 2. The summed E-state index contributed by atoms with van der Waals surface area (Å²) >= 11 is 6.04. The molecule has 3 nitrogen and oxygen atoms in total. The van der Waals surface area contributed by atoms with Crippen LogP contribution in [0.2, 0.25) is 5.02 Å². The molecule has 0 atom stereocenters. The standard InChI is InChI=1S/C13H13ClN2O/c1-8-3-4-10(14)12(7-8)17-13-6-5-11(15)9(2)16-13/h3-7H,15H2,1-2H3. The largest absolute Gasteiger partial charge is 0.437 e. The Bertz CT molecular complexity index is 555. The van der Waals surface area contributed by atoms with Crippen molar-refractivity contribution in [3.63, 3.8) is 0 Å². The molecule has 1 heterocycles. The van der Waals surface area contributed by atoms with Crippen molar-refractivity contribution in [1.82, 2.24) is 4.98 Å². The van der Waals surface area contributed by atoms with Crippen LogP contribution in [0.3, 0.4) is 0 Å². The van der Waals surface area contributed by atoms with Crippen molar-refractivity contribution in [3.05, 3.63) is 46.6 Å². The van der Waals surface area contributed by atoms with E-state index in [0.717, 1.165) is 11.3 Å². The Labute approximate surface area is 105 Å². The van der Waals surface area contributed by atoms with Crippen LogP contribution in [0.1, 0.15) is 11.3 Å². The van der Waals surface area contributed by atoms with Crippen molar-refractivity contribution in [2.75, 3.05) is 5.73 Å². The molecular weight excluding hydrogens is 236 g/mol. The minimum Gasteiger partial charge on any atom is -0.437 e. The minimum atomic E-state index is 0.490. The lowest BCUT2D eigenvalue weighted by Gasteiger charge is -2.08. The molecule has 1 aromatic heterocycles. The molecule has 0 saturated carbocycles. The molecule has 2 aromatic rings. The van der Waals surface area contributed by atoms with E-state index in [1.807, 2.05) is 26.0 Å². The summed E-state index contributed by atoms with van der Waals surface area (Å²) in [5, 5.41) is 0.562. The molecule has 0 saturated heterocycles. The van der Waals surface area contributed by atoms with Gasteiger partial charge in [0.25, 0.3) is 0 Å². The highest BCUT2D eigenvalue weighted by molar-refractivity contribution is 6.32. The Morgan fingerprint density at radius 3 is 2.65 bits per heavy atom. The van der Waals surface area contributed by atoms with Gasteiger partial charge in [-0.15, -0.1) is 0 Å². The van der Waals surface area contributed by atoms with Crippen molar-refractivity contribution in [1.29, 1.82) is 0 Å². The van der Waals surface area contributed by atoms with Crippen LogP contribution < -0.4 is 10.5 Å². The average molecular weight is 249 g/mol. The molecule has 0 unspecified atom stereocenters. The minimum absolute atomic E-state index is 0.490. The predicted molar refractivity (Wildman–Crippen MR) is 69.6 cm³/mol. The maximum Gasteiger partial charge on any atom is 0.219 e. The summed E-state index contributed by atoms with van der Waals surface area (Å²) in [6.07, 6.45) is 0. The van der Waals surface area contributed by atoms with Gasteiger partial charge in [0, 0.05) is 6.07 Å². The summed E-state index contributed by atoms with van der Waals surface area (Å²) in [5.74, 6) is 1.09. The molecule has 4 heteroatoms. The maximum absolute atomic E-state index is 6.04. The van der Waals surface area contributed by atoms with E-state index in [1.165, 1.54) is 0 Å². The normalized spacial score (nSPS) is 10.3. The van der Waals surface area contributed by atoms with Crippen LogP contribution in [0.15, 0.2) is 30.3 Å². The highest BCUT2D eigenvalue weighted by Crippen LogP contribution is 2.29. The Kier molecular flexibility index (Phi) is 3.20. The summed E-state index contributed by atoms with van der Waals surface area (Å²) in [5.41, 5.74) is 8.16. The lowest BCUT2D eigenvalue weighted by atomic mass is 10.2. The SMILES string of the molecule is Cc1ccc(Cl)c(Oc2ccc(N)c(C)n2)c1. The molecule has 2 rings (SSSR count). The highest BCUT2D eigenvalue weighted by Gasteiger charge is 2.05. The fourth-order valence-corrected chi connectivity index (χ4v) is 1.56. The fourth-order valence-electron chi connectivity index (χ4n) is 1.41. The third-order valence-corrected chi connectivity index (χ3v) is 2.71.